The van der Waals surface area contributed by atoms with Gasteiger partial charge in [0.2, 0.25) is 0 Å². The summed E-state index contributed by atoms with van der Waals surface area (Å²) in [6, 6.07) is 2.53. The Morgan fingerprint density at radius 1 is 1.41 bits per heavy atom. The minimum Gasteiger partial charge on any atom is -0.323 e. The predicted molar refractivity (Wildman–Crippen MR) is 76.6 cm³/mol. The molecule has 2 heteroatoms. The number of rotatable bonds is 4. The normalized spacial score (nSPS) is 17.3. The Hall–Kier alpha value is -0.600. The van der Waals surface area contributed by atoms with E-state index in [-0.39, 0.29) is 6.04 Å². The van der Waals surface area contributed by atoms with Crippen molar-refractivity contribution in [1.82, 2.24) is 0 Å². The minimum absolute atomic E-state index is 0.166. The third-order valence-electron chi connectivity index (χ3n) is 3.64. The van der Waals surface area contributed by atoms with Crippen LogP contribution in [-0.4, -0.2) is 0 Å². The van der Waals surface area contributed by atoms with Gasteiger partial charge in [0.25, 0.3) is 0 Å². The maximum absolute atomic E-state index is 6.27. The zero-order valence-corrected chi connectivity index (χ0v) is 11.6. The van der Waals surface area contributed by atoms with E-state index >= 15 is 0 Å². The molecule has 0 radical (unpaired) electrons. The lowest BCUT2D eigenvalue weighted by Gasteiger charge is -2.10. The number of nitrogens with two attached hydrogens (primary N) is 1. The number of fused-ring (bicyclic) bond motifs is 1. The molecule has 0 fully saturated rings. The second-order valence-electron chi connectivity index (χ2n) is 5.07. The fourth-order valence-electron chi connectivity index (χ4n) is 2.43. The van der Waals surface area contributed by atoms with E-state index in [4.69, 9.17) is 5.73 Å². The third-order valence-corrected chi connectivity index (χ3v) is 5.01. The van der Waals surface area contributed by atoms with Gasteiger partial charge < -0.3 is 5.73 Å². The van der Waals surface area contributed by atoms with Crippen LogP contribution in [0, 0.1) is 0 Å². The molecule has 0 saturated carbocycles. The van der Waals surface area contributed by atoms with Crippen molar-refractivity contribution < 1.29 is 0 Å². The van der Waals surface area contributed by atoms with Crippen molar-refractivity contribution in [3.8, 4) is 0 Å². The maximum Gasteiger partial charge on any atom is 0.0427 e. The molecule has 1 aromatic heterocycles. The monoisotopic (exact) mass is 249 g/mol. The van der Waals surface area contributed by atoms with Crippen molar-refractivity contribution in [3.63, 3.8) is 0 Å². The molecule has 1 aliphatic rings. The van der Waals surface area contributed by atoms with E-state index in [2.05, 4.69) is 19.6 Å². The Kier molecular flexibility index (Phi) is 4.41. The van der Waals surface area contributed by atoms with Crippen LogP contribution in [-0.2, 0) is 12.8 Å². The van der Waals surface area contributed by atoms with Gasteiger partial charge in [0, 0.05) is 15.8 Å². The zero-order valence-electron chi connectivity index (χ0n) is 10.8. The van der Waals surface area contributed by atoms with E-state index in [1.165, 1.54) is 42.6 Å². The molecule has 1 aliphatic carbocycles. The van der Waals surface area contributed by atoms with Gasteiger partial charge in [0.1, 0.15) is 0 Å². The summed E-state index contributed by atoms with van der Waals surface area (Å²) < 4.78 is 0. The fourth-order valence-corrected chi connectivity index (χ4v) is 3.69. The van der Waals surface area contributed by atoms with E-state index in [0.29, 0.717) is 0 Å². The summed E-state index contributed by atoms with van der Waals surface area (Å²) in [5.74, 6) is 0. The lowest BCUT2D eigenvalue weighted by atomic mass is 10.0. The summed E-state index contributed by atoms with van der Waals surface area (Å²) >= 11 is 1.94. The Morgan fingerprint density at radius 3 is 2.94 bits per heavy atom. The molecule has 0 bridgehead atoms. The number of hydrogen-bond acceptors (Lipinski definition) is 2. The molecule has 1 atom stereocenters. The molecule has 0 aromatic carbocycles. The highest BCUT2D eigenvalue weighted by molar-refractivity contribution is 7.12. The minimum atomic E-state index is 0.166. The van der Waals surface area contributed by atoms with E-state index in [1.54, 1.807) is 10.4 Å². The fraction of sp³-hybridized carbons (Fsp3) is 0.600. The Bertz CT molecular complexity index is 368. The first kappa shape index (κ1) is 12.8. The lowest BCUT2D eigenvalue weighted by molar-refractivity contribution is 0.704. The molecule has 1 nitrogen and oxygen atoms in total. The average molecular weight is 249 g/mol. The molecular formula is C15H23NS. The van der Waals surface area contributed by atoms with E-state index < -0.39 is 0 Å². The van der Waals surface area contributed by atoms with E-state index in [9.17, 15) is 0 Å². The van der Waals surface area contributed by atoms with Crippen LogP contribution in [0.25, 0.3) is 0 Å². The smallest absolute Gasteiger partial charge is 0.0427 e. The first-order valence-corrected chi connectivity index (χ1v) is 7.56. The molecule has 1 heterocycles. The average Bonchev–Trinajstić information content (AvgIpc) is 2.61. The molecule has 17 heavy (non-hydrogen) atoms. The van der Waals surface area contributed by atoms with Crippen LogP contribution in [0.1, 0.15) is 60.4 Å². The van der Waals surface area contributed by atoms with Crippen LogP contribution < -0.4 is 5.73 Å². The van der Waals surface area contributed by atoms with Crippen LogP contribution >= 0.6 is 11.3 Å². The summed E-state index contributed by atoms with van der Waals surface area (Å²) in [4.78, 5) is 2.96. The van der Waals surface area contributed by atoms with Crippen molar-refractivity contribution in [2.75, 3.05) is 0 Å². The third kappa shape index (κ3) is 3.20. The van der Waals surface area contributed by atoms with E-state index in [1.807, 2.05) is 11.3 Å². The SMILES string of the molecule is C=C(CC)CC(N)c1cc2c(s1)CCCCC2. The van der Waals surface area contributed by atoms with E-state index in [0.717, 1.165) is 12.8 Å². The molecule has 1 unspecified atom stereocenters. The lowest BCUT2D eigenvalue weighted by Crippen LogP contribution is -2.09. The molecule has 0 saturated heterocycles. The zero-order chi connectivity index (χ0) is 12.3. The Morgan fingerprint density at radius 2 is 2.18 bits per heavy atom. The van der Waals surface area contributed by atoms with Gasteiger partial charge in [-0.3, -0.25) is 0 Å². The Labute approximate surface area is 109 Å². The molecule has 0 aliphatic heterocycles. The summed E-state index contributed by atoms with van der Waals surface area (Å²) in [7, 11) is 0. The van der Waals surface area contributed by atoms with Crippen molar-refractivity contribution in [3.05, 3.63) is 33.5 Å². The largest absolute Gasteiger partial charge is 0.323 e. The van der Waals surface area contributed by atoms with Gasteiger partial charge in [0.15, 0.2) is 0 Å². The highest BCUT2D eigenvalue weighted by atomic mass is 32.1. The van der Waals surface area contributed by atoms with Crippen LogP contribution in [0.2, 0.25) is 0 Å². The summed E-state index contributed by atoms with van der Waals surface area (Å²) in [5, 5.41) is 0. The van der Waals surface area contributed by atoms with Crippen molar-refractivity contribution in [1.29, 1.82) is 0 Å². The van der Waals surface area contributed by atoms with Gasteiger partial charge in [-0.1, -0.05) is 25.5 Å². The standard InChI is InChI=1S/C15H23NS/c1-3-11(2)9-13(16)15-10-12-7-5-4-6-8-14(12)17-15/h10,13H,2-9,16H2,1H3. The predicted octanol–water partition coefficient (Wildman–Crippen LogP) is 4.37. The van der Waals surface area contributed by atoms with Crippen LogP contribution in [0.5, 0.6) is 0 Å². The van der Waals surface area contributed by atoms with Gasteiger partial charge in [-0.05, 0) is 50.2 Å². The second kappa shape index (κ2) is 5.83. The number of aryl methyl sites for hydroxylation is 2. The molecule has 2 rings (SSSR count). The van der Waals surface area contributed by atoms with Crippen molar-refractivity contribution in [2.24, 2.45) is 5.73 Å². The number of thiophene rings is 1. The molecule has 0 spiro atoms. The van der Waals surface area contributed by atoms with Gasteiger partial charge >= 0.3 is 0 Å². The molecule has 94 valence electrons. The van der Waals surface area contributed by atoms with Gasteiger partial charge in [-0.25, -0.2) is 0 Å². The number of hydrogen-bond donors (Lipinski definition) is 1. The molecule has 0 amide bonds. The van der Waals surface area contributed by atoms with Crippen molar-refractivity contribution in [2.45, 2.75) is 57.9 Å². The second-order valence-corrected chi connectivity index (χ2v) is 6.24. The summed E-state index contributed by atoms with van der Waals surface area (Å²) in [6.07, 6.45) is 8.59. The van der Waals surface area contributed by atoms with Crippen molar-refractivity contribution >= 4 is 11.3 Å². The Balaban J connectivity index is 2.09. The highest BCUT2D eigenvalue weighted by Gasteiger charge is 2.16. The molecular weight excluding hydrogens is 226 g/mol. The topological polar surface area (TPSA) is 26.0 Å². The first-order chi connectivity index (χ1) is 8.20. The maximum atomic E-state index is 6.27. The van der Waals surface area contributed by atoms with Crippen LogP contribution in [0.3, 0.4) is 0 Å². The summed E-state index contributed by atoms with van der Waals surface area (Å²) in [6.45, 7) is 6.21. The van der Waals surface area contributed by atoms with Crippen LogP contribution in [0.15, 0.2) is 18.2 Å². The quantitative estimate of drug-likeness (QED) is 0.622. The van der Waals surface area contributed by atoms with Gasteiger partial charge in [0.05, 0.1) is 0 Å². The summed E-state index contributed by atoms with van der Waals surface area (Å²) in [5.41, 5.74) is 9.11. The van der Waals surface area contributed by atoms with Crippen LogP contribution in [0.4, 0.5) is 0 Å². The first-order valence-electron chi connectivity index (χ1n) is 6.74. The highest BCUT2D eigenvalue weighted by Crippen LogP contribution is 2.33. The molecule has 2 N–H and O–H groups in total. The molecule has 1 aromatic rings. The van der Waals surface area contributed by atoms with Gasteiger partial charge in [-0.15, -0.1) is 11.3 Å². The van der Waals surface area contributed by atoms with Gasteiger partial charge in [-0.2, -0.15) is 0 Å².